The molecule has 28 heavy (non-hydrogen) atoms. The Morgan fingerprint density at radius 1 is 1.14 bits per heavy atom. The van der Waals surface area contributed by atoms with E-state index >= 15 is 0 Å². The zero-order valence-corrected chi connectivity index (χ0v) is 17.1. The van der Waals surface area contributed by atoms with E-state index in [4.69, 9.17) is 0 Å². The number of carbonyl (C=O) groups is 1. The summed E-state index contributed by atoms with van der Waals surface area (Å²) in [6.45, 7) is 3.93. The molecular weight excluding hydrogens is 366 g/mol. The highest BCUT2D eigenvalue weighted by Crippen LogP contribution is 2.39. The third kappa shape index (κ3) is 3.85. The summed E-state index contributed by atoms with van der Waals surface area (Å²) in [6.07, 6.45) is 3.48. The molecule has 4 nitrogen and oxygen atoms in total. The van der Waals surface area contributed by atoms with Gasteiger partial charge in [0, 0.05) is 5.25 Å². The maximum Gasteiger partial charge on any atom is 0.234 e. The molecule has 0 bridgehead atoms. The number of thioether (sulfide) groups is 1. The maximum absolute atomic E-state index is 12.6. The van der Waals surface area contributed by atoms with Crippen molar-refractivity contribution in [3.63, 3.8) is 0 Å². The molecule has 1 aromatic heterocycles. The number of amides is 1. The number of para-hydroxylation sites is 1. The van der Waals surface area contributed by atoms with Crippen LogP contribution in [0.5, 0.6) is 0 Å². The molecule has 1 heterocycles. The van der Waals surface area contributed by atoms with Crippen molar-refractivity contribution < 1.29 is 4.79 Å². The Bertz CT molecular complexity index is 981. The van der Waals surface area contributed by atoms with Crippen LogP contribution in [0.2, 0.25) is 0 Å². The topological polar surface area (TPSA) is 46.9 Å². The van der Waals surface area contributed by atoms with Gasteiger partial charge in [-0.05, 0) is 56.4 Å². The van der Waals surface area contributed by atoms with Gasteiger partial charge in [0.05, 0.1) is 28.5 Å². The number of nitrogens with zero attached hydrogens (tertiary/aromatic N) is 2. The van der Waals surface area contributed by atoms with Crippen molar-refractivity contribution >= 4 is 23.4 Å². The molecule has 0 spiro atoms. The van der Waals surface area contributed by atoms with Gasteiger partial charge in [-0.15, -0.1) is 11.8 Å². The van der Waals surface area contributed by atoms with Gasteiger partial charge in [0.15, 0.2) is 0 Å². The third-order valence-electron chi connectivity index (χ3n) is 5.29. The molecule has 3 aromatic rings. The number of aromatic nitrogens is 2. The van der Waals surface area contributed by atoms with Crippen molar-refractivity contribution in [3.05, 3.63) is 77.1 Å². The number of rotatable bonds is 5. The summed E-state index contributed by atoms with van der Waals surface area (Å²) in [4.78, 5) is 12.6. The molecule has 1 atom stereocenters. The molecule has 0 radical (unpaired) electrons. The van der Waals surface area contributed by atoms with Crippen molar-refractivity contribution in [3.8, 4) is 5.69 Å². The summed E-state index contributed by atoms with van der Waals surface area (Å²) >= 11 is 1.74. The quantitative estimate of drug-likeness (QED) is 0.647. The third-order valence-corrected chi connectivity index (χ3v) is 6.61. The minimum atomic E-state index is 0.0341. The normalized spacial score (nSPS) is 15.9. The number of benzene rings is 2. The van der Waals surface area contributed by atoms with Crippen LogP contribution in [0.4, 0.5) is 5.69 Å². The van der Waals surface area contributed by atoms with E-state index < -0.39 is 0 Å². The second-order valence-electron chi connectivity index (χ2n) is 7.23. The van der Waals surface area contributed by atoms with Crippen LogP contribution in [-0.2, 0) is 11.2 Å². The Hall–Kier alpha value is -2.53. The Morgan fingerprint density at radius 2 is 1.89 bits per heavy atom. The number of aryl methyl sites for hydroxylation is 2. The van der Waals surface area contributed by atoms with Crippen LogP contribution in [0.15, 0.2) is 54.6 Å². The summed E-state index contributed by atoms with van der Waals surface area (Å²) in [7, 11) is 0. The number of nitrogens with one attached hydrogen (secondary N) is 1. The molecule has 1 N–H and O–H groups in total. The van der Waals surface area contributed by atoms with Gasteiger partial charge < -0.3 is 5.32 Å². The summed E-state index contributed by atoms with van der Waals surface area (Å²) < 4.78 is 1.88. The van der Waals surface area contributed by atoms with E-state index in [1.165, 1.54) is 17.5 Å². The second kappa shape index (κ2) is 8.23. The van der Waals surface area contributed by atoms with Gasteiger partial charge in [0.25, 0.3) is 0 Å². The van der Waals surface area contributed by atoms with Crippen LogP contribution in [-0.4, -0.2) is 21.4 Å². The van der Waals surface area contributed by atoms with Crippen LogP contribution in [0.1, 0.15) is 40.6 Å². The van der Waals surface area contributed by atoms with Crippen LogP contribution < -0.4 is 5.32 Å². The van der Waals surface area contributed by atoms with Gasteiger partial charge in [-0.25, -0.2) is 4.68 Å². The highest BCUT2D eigenvalue weighted by molar-refractivity contribution is 8.00. The Labute approximate surface area is 170 Å². The van der Waals surface area contributed by atoms with Crippen molar-refractivity contribution in [2.75, 3.05) is 11.1 Å². The average Bonchev–Trinajstić information content (AvgIpc) is 3.01. The lowest BCUT2D eigenvalue weighted by molar-refractivity contribution is -0.113. The number of hydrogen-bond acceptors (Lipinski definition) is 3. The van der Waals surface area contributed by atoms with Crippen molar-refractivity contribution in [1.29, 1.82) is 0 Å². The Kier molecular flexibility index (Phi) is 5.53. The highest BCUT2D eigenvalue weighted by Gasteiger charge is 2.22. The lowest BCUT2D eigenvalue weighted by Gasteiger charge is -2.24. The van der Waals surface area contributed by atoms with Gasteiger partial charge in [-0.2, -0.15) is 5.10 Å². The molecule has 0 aliphatic heterocycles. The van der Waals surface area contributed by atoms with E-state index in [9.17, 15) is 4.79 Å². The van der Waals surface area contributed by atoms with Crippen LogP contribution >= 0.6 is 11.8 Å². The van der Waals surface area contributed by atoms with Crippen LogP contribution in [0.3, 0.4) is 0 Å². The summed E-state index contributed by atoms with van der Waals surface area (Å²) in [5, 5.41) is 8.10. The molecule has 4 rings (SSSR count). The molecule has 0 saturated heterocycles. The van der Waals surface area contributed by atoms with Gasteiger partial charge in [0.1, 0.15) is 0 Å². The van der Waals surface area contributed by atoms with E-state index in [1.807, 2.05) is 48.9 Å². The summed E-state index contributed by atoms with van der Waals surface area (Å²) in [5.41, 5.74) is 6.43. The molecule has 5 heteroatoms. The number of anilines is 1. The molecule has 1 unspecified atom stereocenters. The van der Waals surface area contributed by atoms with Gasteiger partial charge >= 0.3 is 0 Å². The number of hydrogen-bond donors (Lipinski definition) is 1. The fraction of sp³-hybridized carbons (Fsp3) is 0.304. The molecule has 1 aliphatic carbocycles. The molecule has 1 amide bonds. The monoisotopic (exact) mass is 391 g/mol. The molecule has 2 aromatic carbocycles. The number of fused-ring (bicyclic) bond motifs is 1. The van der Waals surface area contributed by atoms with E-state index in [2.05, 4.69) is 34.7 Å². The Morgan fingerprint density at radius 3 is 2.71 bits per heavy atom. The lowest BCUT2D eigenvalue weighted by Crippen LogP contribution is -2.17. The second-order valence-corrected chi connectivity index (χ2v) is 8.42. The van der Waals surface area contributed by atoms with E-state index in [-0.39, 0.29) is 5.91 Å². The first kappa shape index (κ1) is 18.8. The smallest absolute Gasteiger partial charge is 0.234 e. The van der Waals surface area contributed by atoms with Crippen molar-refractivity contribution in [1.82, 2.24) is 9.78 Å². The Balaban J connectivity index is 1.43. The highest BCUT2D eigenvalue weighted by atomic mass is 32.2. The van der Waals surface area contributed by atoms with Crippen molar-refractivity contribution in [2.45, 2.75) is 38.4 Å². The predicted molar refractivity (Wildman–Crippen MR) is 116 cm³/mol. The molecule has 144 valence electrons. The maximum atomic E-state index is 12.6. The standard InChI is InChI=1S/C23H25N3OS/c1-16-23(17(2)26(25-16)19-11-4-3-5-12-19)24-22(27)15-28-21-14-8-10-18-9-6-7-13-20(18)21/h3-7,9,11-13,21H,8,10,14-15H2,1-2H3,(H,24,27). The minimum absolute atomic E-state index is 0.0341. The van der Waals surface area contributed by atoms with Crippen molar-refractivity contribution in [2.24, 2.45) is 0 Å². The van der Waals surface area contributed by atoms with Crippen LogP contribution in [0, 0.1) is 13.8 Å². The molecule has 1 aliphatic rings. The van der Waals surface area contributed by atoms with E-state index in [0.717, 1.165) is 35.6 Å². The molecular formula is C23H25N3OS. The van der Waals surface area contributed by atoms with Gasteiger partial charge in [-0.3, -0.25) is 4.79 Å². The van der Waals surface area contributed by atoms with Gasteiger partial charge in [0.2, 0.25) is 5.91 Å². The first-order chi connectivity index (χ1) is 13.6. The average molecular weight is 392 g/mol. The lowest BCUT2D eigenvalue weighted by atomic mass is 9.91. The molecule has 0 fully saturated rings. The molecule has 0 saturated carbocycles. The van der Waals surface area contributed by atoms with Gasteiger partial charge in [-0.1, -0.05) is 42.5 Å². The minimum Gasteiger partial charge on any atom is -0.322 e. The first-order valence-corrected chi connectivity index (χ1v) is 10.8. The fourth-order valence-electron chi connectivity index (χ4n) is 3.88. The predicted octanol–water partition coefficient (Wildman–Crippen LogP) is 5.24. The largest absolute Gasteiger partial charge is 0.322 e. The summed E-state index contributed by atoms with van der Waals surface area (Å²) in [6, 6.07) is 18.6. The SMILES string of the molecule is Cc1nn(-c2ccccc2)c(C)c1NC(=O)CSC1CCCc2ccccc21. The fourth-order valence-corrected chi connectivity index (χ4v) is 5.05. The number of carbonyl (C=O) groups excluding carboxylic acids is 1. The van der Waals surface area contributed by atoms with Crippen LogP contribution in [0.25, 0.3) is 5.69 Å². The summed E-state index contributed by atoms with van der Waals surface area (Å²) in [5.74, 6) is 0.487. The van der Waals surface area contributed by atoms with E-state index in [1.54, 1.807) is 11.8 Å². The zero-order valence-electron chi connectivity index (χ0n) is 16.3. The first-order valence-electron chi connectivity index (χ1n) is 9.74. The van der Waals surface area contributed by atoms with E-state index in [0.29, 0.717) is 11.0 Å². The zero-order chi connectivity index (χ0) is 19.5.